The number of nitrogens with zero attached hydrogens (tertiary/aromatic N) is 3. The molecule has 2 aromatic carbocycles. The van der Waals surface area contributed by atoms with Crippen molar-refractivity contribution in [2.24, 2.45) is 0 Å². The van der Waals surface area contributed by atoms with Crippen LogP contribution in [0.15, 0.2) is 67.3 Å². The molecular formula is C19H22N4. The topological polar surface area (TPSA) is 42.7 Å². The fourth-order valence-corrected chi connectivity index (χ4v) is 2.74. The second-order valence-corrected chi connectivity index (χ2v) is 5.63. The number of para-hydroxylation sites is 1. The molecule has 0 radical (unpaired) electrons. The summed E-state index contributed by atoms with van der Waals surface area (Å²) >= 11 is 0. The molecule has 0 bridgehead atoms. The number of aromatic nitrogens is 3. The van der Waals surface area contributed by atoms with E-state index in [2.05, 4.69) is 52.5 Å². The van der Waals surface area contributed by atoms with E-state index in [0.29, 0.717) is 0 Å². The van der Waals surface area contributed by atoms with Gasteiger partial charge in [0.15, 0.2) is 0 Å². The Morgan fingerprint density at radius 3 is 2.70 bits per heavy atom. The molecule has 0 aliphatic rings. The molecule has 3 aromatic rings. The second-order valence-electron chi connectivity index (χ2n) is 5.63. The van der Waals surface area contributed by atoms with Gasteiger partial charge in [-0.05, 0) is 37.1 Å². The Balaban J connectivity index is 1.51. The molecule has 0 aliphatic carbocycles. The maximum atomic E-state index is 4.29. The van der Waals surface area contributed by atoms with Crippen molar-refractivity contribution in [1.82, 2.24) is 20.3 Å². The largest absolute Gasteiger partial charge is 0.313 e. The molecule has 1 N–H and O–H groups in total. The lowest BCUT2D eigenvalue weighted by Gasteiger charge is -2.13. The molecule has 4 nitrogen and oxygen atoms in total. The molecule has 0 aliphatic heterocycles. The third kappa shape index (κ3) is 3.85. The van der Waals surface area contributed by atoms with Crippen molar-refractivity contribution >= 4 is 11.0 Å². The quantitative estimate of drug-likeness (QED) is 0.509. The van der Waals surface area contributed by atoms with E-state index in [1.807, 2.05) is 35.0 Å². The Bertz CT molecular complexity index is 748. The number of hydrogen-bond donors (Lipinski definition) is 1. The standard InChI is InChI=1S/C19H22N4/c1-2-17(23-19-13-7-6-12-18(19)21-22-23)11-8-14-20-15-16-9-4-3-5-10-16/h2-7,9-10,12-13,17,20H,1,8,11,14-15H2. The molecule has 0 saturated heterocycles. The van der Waals surface area contributed by atoms with Crippen molar-refractivity contribution in [3.63, 3.8) is 0 Å². The Labute approximate surface area is 136 Å². The monoisotopic (exact) mass is 306 g/mol. The van der Waals surface area contributed by atoms with E-state index in [4.69, 9.17) is 0 Å². The van der Waals surface area contributed by atoms with E-state index < -0.39 is 0 Å². The van der Waals surface area contributed by atoms with Gasteiger partial charge in [-0.3, -0.25) is 0 Å². The summed E-state index contributed by atoms with van der Waals surface area (Å²) in [6, 6.07) is 18.7. The zero-order chi connectivity index (χ0) is 15.9. The van der Waals surface area contributed by atoms with Gasteiger partial charge in [-0.1, -0.05) is 53.8 Å². The van der Waals surface area contributed by atoms with Gasteiger partial charge in [0.25, 0.3) is 0 Å². The molecular weight excluding hydrogens is 284 g/mol. The van der Waals surface area contributed by atoms with Crippen LogP contribution in [-0.4, -0.2) is 21.5 Å². The van der Waals surface area contributed by atoms with Crippen LogP contribution in [0.3, 0.4) is 0 Å². The van der Waals surface area contributed by atoms with E-state index in [1.54, 1.807) is 0 Å². The average molecular weight is 306 g/mol. The SMILES string of the molecule is C=CC(CCCNCc1ccccc1)n1nnc2ccccc21. The molecule has 1 aromatic heterocycles. The molecule has 4 heteroatoms. The summed E-state index contributed by atoms with van der Waals surface area (Å²) in [5, 5.41) is 12.0. The van der Waals surface area contributed by atoms with Gasteiger partial charge >= 0.3 is 0 Å². The van der Waals surface area contributed by atoms with Crippen LogP contribution >= 0.6 is 0 Å². The fraction of sp³-hybridized carbons (Fsp3) is 0.263. The molecule has 3 rings (SSSR count). The van der Waals surface area contributed by atoms with Crippen molar-refractivity contribution in [3.05, 3.63) is 72.8 Å². The smallest absolute Gasteiger partial charge is 0.113 e. The van der Waals surface area contributed by atoms with Gasteiger partial charge in [-0.25, -0.2) is 4.68 Å². The normalized spacial score (nSPS) is 12.3. The predicted molar refractivity (Wildman–Crippen MR) is 94.1 cm³/mol. The minimum atomic E-state index is 0.181. The van der Waals surface area contributed by atoms with Crippen LogP contribution in [0.2, 0.25) is 0 Å². The molecule has 23 heavy (non-hydrogen) atoms. The Kier molecular flexibility index (Phi) is 5.17. The van der Waals surface area contributed by atoms with Gasteiger partial charge in [0.2, 0.25) is 0 Å². The molecule has 0 saturated carbocycles. The van der Waals surface area contributed by atoms with E-state index in [-0.39, 0.29) is 6.04 Å². The number of allylic oxidation sites excluding steroid dienone is 1. The van der Waals surface area contributed by atoms with Crippen LogP contribution in [0.5, 0.6) is 0 Å². The Morgan fingerprint density at radius 2 is 1.87 bits per heavy atom. The van der Waals surface area contributed by atoms with Gasteiger partial charge in [0, 0.05) is 6.54 Å². The zero-order valence-corrected chi connectivity index (χ0v) is 13.2. The minimum Gasteiger partial charge on any atom is -0.313 e. The van der Waals surface area contributed by atoms with E-state index in [9.17, 15) is 0 Å². The first-order valence-electron chi connectivity index (χ1n) is 8.05. The van der Waals surface area contributed by atoms with E-state index in [1.165, 1.54) is 5.56 Å². The van der Waals surface area contributed by atoms with E-state index >= 15 is 0 Å². The molecule has 1 atom stereocenters. The molecule has 0 spiro atoms. The minimum absolute atomic E-state index is 0.181. The molecule has 118 valence electrons. The molecule has 0 amide bonds. The Morgan fingerprint density at radius 1 is 1.09 bits per heavy atom. The number of hydrogen-bond acceptors (Lipinski definition) is 3. The summed E-state index contributed by atoms with van der Waals surface area (Å²) in [6.07, 6.45) is 4.02. The maximum absolute atomic E-state index is 4.29. The predicted octanol–water partition coefficient (Wildman–Crippen LogP) is 3.73. The van der Waals surface area contributed by atoms with Crippen molar-refractivity contribution in [2.45, 2.75) is 25.4 Å². The first-order chi connectivity index (χ1) is 11.4. The zero-order valence-electron chi connectivity index (χ0n) is 13.2. The number of fused-ring (bicyclic) bond motifs is 1. The van der Waals surface area contributed by atoms with Crippen LogP contribution in [0.25, 0.3) is 11.0 Å². The second kappa shape index (κ2) is 7.70. The summed E-state index contributed by atoms with van der Waals surface area (Å²) in [7, 11) is 0. The highest BCUT2D eigenvalue weighted by Gasteiger charge is 2.11. The van der Waals surface area contributed by atoms with Crippen LogP contribution in [0.1, 0.15) is 24.4 Å². The first-order valence-corrected chi connectivity index (χ1v) is 8.05. The lowest BCUT2D eigenvalue weighted by molar-refractivity contribution is 0.477. The van der Waals surface area contributed by atoms with Crippen molar-refractivity contribution in [2.75, 3.05) is 6.54 Å². The lowest BCUT2D eigenvalue weighted by atomic mass is 10.1. The van der Waals surface area contributed by atoms with Crippen molar-refractivity contribution in [3.8, 4) is 0 Å². The highest BCUT2D eigenvalue weighted by molar-refractivity contribution is 5.74. The van der Waals surface area contributed by atoms with Gasteiger partial charge < -0.3 is 5.32 Å². The third-order valence-electron chi connectivity index (χ3n) is 3.99. The van der Waals surface area contributed by atoms with Gasteiger partial charge in [-0.2, -0.15) is 0 Å². The van der Waals surface area contributed by atoms with Gasteiger partial charge in [0.1, 0.15) is 5.52 Å². The Hall–Kier alpha value is -2.46. The van der Waals surface area contributed by atoms with Crippen LogP contribution in [-0.2, 0) is 6.54 Å². The maximum Gasteiger partial charge on any atom is 0.113 e. The number of benzene rings is 2. The molecule has 1 unspecified atom stereocenters. The summed E-state index contributed by atoms with van der Waals surface area (Å²) in [4.78, 5) is 0. The molecule has 0 fully saturated rings. The third-order valence-corrected chi connectivity index (χ3v) is 3.99. The highest BCUT2D eigenvalue weighted by atomic mass is 15.4. The van der Waals surface area contributed by atoms with Crippen LogP contribution in [0.4, 0.5) is 0 Å². The van der Waals surface area contributed by atoms with Gasteiger partial charge in [-0.15, -0.1) is 11.7 Å². The van der Waals surface area contributed by atoms with Crippen LogP contribution < -0.4 is 5.32 Å². The number of nitrogens with one attached hydrogen (secondary N) is 1. The lowest BCUT2D eigenvalue weighted by Crippen LogP contribution is -2.16. The average Bonchev–Trinajstić information content (AvgIpc) is 3.03. The highest BCUT2D eigenvalue weighted by Crippen LogP contribution is 2.19. The van der Waals surface area contributed by atoms with Crippen LogP contribution in [0, 0.1) is 0 Å². The summed E-state index contributed by atoms with van der Waals surface area (Å²) < 4.78 is 1.97. The summed E-state index contributed by atoms with van der Waals surface area (Å²) in [5.41, 5.74) is 3.31. The summed E-state index contributed by atoms with van der Waals surface area (Å²) in [5.74, 6) is 0. The molecule has 1 heterocycles. The van der Waals surface area contributed by atoms with Crippen molar-refractivity contribution < 1.29 is 0 Å². The number of rotatable bonds is 8. The fourth-order valence-electron chi connectivity index (χ4n) is 2.74. The van der Waals surface area contributed by atoms with Gasteiger partial charge in [0.05, 0.1) is 11.6 Å². The summed E-state index contributed by atoms with van der Waals surface area (Å²) in [6.45, 7) is 5.85. The van der Waals surface area contributed by atoms with E-state index in [0.717, 1.165) is 37.0 Å². The van der Waals surface area contributed by atoms with Crippen molar-refractivity contribution in [1.29, 1.82) is 0 Å². The first kappa shape index (κ1) is 15.4.